The highest BCUT2D eigenvalue weighted by atomic mass is 32.2. The molecular formula is C23H26F2N4O2S. The van der Waals surface area contributed by atoms with Crippen molar-refractivity contribution < 1.29 is 18.3 Å². The lowest BCUT2D eigenvalue weighted by Gasteiger charge is -2.31. The van der Waals surface area contributed by atoms with E-state index in [2.05, 4.69) is 34.3 Å². The van der Waals surface area contributed by atoms with E-state index in [-0.39, 0.29) is 23.7 Å². The number of aromatic nitrogens is 2. The summed E-state index contributed by atoms with van der Waals surface area (Å²) in [7, 11) is 0. The first-order valence-corrected chi connectivity index (χ1v) is 11.4. The molecule has 1 atom stereocenters. The van der Waals surface area contributed by atoms with Crippen molar-refractivity contribution in [1.29, 1.82) is 0 Å². The van der Waals surface area contributed by atoms with Gasteiger partial charge in [-0.2, -0.15) is 8.78 Å². The molecule has 170 valence electrons. The van der Waals surface area contributed by atoms with E-state index in [0.29, 0.717) is 29.3 Å². The number of ether oxygens (including phenoxy) is 1. The number of hydrogen-bond acceptors (Lipinski definition) is 5. The average molecular weight is 461 g/mol. The van der Waals surface area contributed by atoms with Crippen LogP contribution in [0.25, 0.3) is 11.0 Å². The maximum Gasteiger partial charge on any atom is 0.291 e. The topological polar surface area (TPSA) is 59.4 Å². The third-order valence-corrected chi connectivity index (χ3v) is 6.03. The van der Waals surface area contributed by atoms with Crippen LogP contribution in [-0.4, -0.2) is 51.9 Å². The predicted molar refractivity (Wildman–Crippen MR) is 121 cm³/mol. The highest BCUT2D eigenvalue weighted by molar-refractivity contribution is 7.99. The molecule has 1 unspecified atom stereocenters. The van der Waals surface area contributed by atoms with Crippen LogP contribution in [0.2, 0.25) is 0 Å². The van der Waals surface area contributed by atoms with Crippen molar-refractivity contribution in [3.63, 3.8) is 0 Å². The molecule has 0 bridgehead atoms. The number of alkyl halides is 2. The van der Waals surface area contributed by atoms with Gasteiger partial charge in [-0.1, -0.05) is 36.4 Å². The fraction of sp³-hybridized carbons (Fsp3) is 0.391. The summed E-state index contributed by atoms with van der Waals surface area (Å²) < 4.78 is 33.1. The molecule has 1 aliphatic heterocycles. The van der Waals surface area contributed by atoms with Crippen LogP contribution in [0.1, 0.15) is 18.1 Å². The van der Waals surface area contributed by atoms with Crippen LogP contribution in [0.15, 0.2) is 53.7 Å². The van der Waals surface area contributed by atoms with Crippen molar-refractivity contribution in [3.8, 4) is 0 Å². The lowest BCUT2D eigenvalue weighted by molar-refractivity contribution is -0.121. The van der Waals surface area contributed by atoms with Crippen molar-refractivity contribution in [2.45, 2.75) is 43.6 Å². The van der Waals surface area contributed by atoms with E-state index in [4.69, 9.17) is 4.74 Å². The van der Waals surface area contributed by atoms with Crippen LogP contribution in [0, 0.1) is 0 Å². The van der Waals surface area contributed by atoms with E-state index < -0.39 is 5.76 Å². The number of hydrogen-bond donors (Lipinski definition) is 1. The van der Waals surface area contributed by atoms with Gasteiger partial charge in [-0.05, 0) is 41.9 Å². The Labute approximate surface area is 189 Å². The Hall–Kier alpha value is -2.49. The smallest absolute Gasteiger partial charge is 0.291 e. The number of imidazole rings is 1. The molecule has 1 N–H and O–H groups in total. The van der Waals surface area contributed by atoms with Gasteiger partial charge in [0.1, 0.15) is 6.54 Å². The van der Waals surface area contributed by atoms with Gasteiger partial charge >= 0.3 is 0 Å². The van der Waals surface area contributed by atoms with Gasteiger partial charge in [-0.3, -0.25) is 9.69 Å². The summed E-state index contributed by atoms with van der Waals surface area (Å²) in [6, 6.07) is 15.2. The molecule has 2 aromatic carbocycles. The zero-order valence-corrected chi connectivity index (χ0v) is 18.7. The van der Waals surface area contributed by atoms with Crippen molar-refractivity contribution in [1.82, 2.24) is 19.8 Å². The molecule has 1 saturated heterocycles. The number of nitrogens with one attached hydrogen (secondary N) is 1. The lowest BCUT2D eigenvalue weighted by Crippen LogP contribution is -2.40. The summed E-state index contributed by atoms with van der Waals surface area (Å²) in [4.78, 5) is 19.2. The molecule has 9 heteroatoms. The average Bonchev–Trinajstić information content (AvgIpc) is 3.09. The van der Waals surface area contributed by atoms with E-state index in [1.165, 1.54) is 10.1 Å². The summed E-state index contributed by atoms with van der Waals surface area (Å²) in [6.45, 7) is 5.77. The standard InChI is InChI=1S/C23H26F2N4O2S/c1-16-13-28(9-10-31-16)14-18-6-4-5-17(11-18)12-26-21(30)15-29-20-8-3-2-7-19(20)27-23(29)32-22(24)25/h2-8,11,16,22H,9-10,12-15H2,1H3,(H,26,30). The summed E-state index contributed by atoms with van der Waals surface area (Å²) in [6.07, 6.45) is 0.235. The molecule has 0 radical (unpaired) electrons. The van der Waals surface area contributed by atoms with Crippen LogP contribution >= 0.6 is 11.8 Å². The number of nitrogens with zero attached hydrogens (tertiary/aromatic N) is 3. The van der Waals surface area contributed by atoms with E-state index in [1.54, 1.807) is 24.3 Å². The maximum absolute atomic E-state index is 13.0. The van der Waals surface area contributed by atoms with E-state index in [9.17, 15) is 13.6 Å². The fourth-order valence-electron chi connectivity index (χ4n) is 3.91. The second kappa shape index (κ2) is 10.4. The number of fused-ring (bicyclic) bond motifs is 1. The van der Waals surface area contributed by atoms with Crippen LogP contribution in [0.5, 0.6) is 0 Å². The molecule has 0 spiro atoms. The van der Waals surface area contributed by atoms with Crippen LogP contribution in [0.4, 0.5) is 8.78 Å². The number of para-hydroxylation sites is 2. The molecular weight excluding hydrogens is 434 g/mol. The number of carbonyl (C=O) groups excluding carboxylic acids is 1. The largest absolute Gasteiger partial charge is 0.376 e. The Morgan fingerprint density at radius 1 is 1.25 bits per heavy atom. The Morgan fingerprint density at radius 3 is 2.88 bits per heavy atom. The minimum absolute atomic E-state index is 0.0685. The molecule has 32 heavy (non-hydrogen) atoms. The Bertz CT molecular complexity index is 1080. The second-order valence-electron chi connectivity index (χ2n) is 7.86. The number of amides is 1. The van der Waals surface area contributed by atoms with Crippen molar-refractivity contribution in [3.05, 3.63) is 59.7 Å². The highest BCUT2D eigenvalue weighted by Gasteiger charge is 2.18. The number of benzene rings is 2. The summed E-state index contributed by atoms with van der Waals surface area (Å²) >= 11 is 0.351. The van der Waals surface area contributed by atoms with Gasteiger partial charge in [0.05, 0.1) is 23.7 Å². The fourth-order valence-corrected chi connectivity index (χ4v) is 4.51. The van der Waals surface area contributed by atoms with Gasteiger partial charge in [0.2, 0.25) is 5.91 Å². The monoisotopic (exact) mass is 460 g/mol. The van der Waals surface area contributed by atoms with Gasteiger partial charge in [-0.25, -0.2) is 4.98 Å². The normalized spacial score (nSPS) is 17.2. The lowest BCUT2D eigenvalue weighted by atomic mass is 10.1. The molecule has 1 fully saturated rings. The first kappa shape index (κ1) is 22.7. The Kier molecular flexibility index (Phi) is 7.39. The Morgan fingerprint density at radius 2 is 2.06 bits per heavy atom. The van der Waals surface area contributed by atoms with E-state index >= 15 is 0 Å². The van der Waals surface area contributed by atoms with Crippen LogP contribution < -0.4 is 5.32 Å². The van der Waals surface area contributed by atoms with Crippen molar-refractivity contribution in [2.24, 2.45) is 0 Å². The third-order valence-electron chi connectivity index (χ3n) is 5.33. The van der Waals surface area contributed by atoms with E-state index in [1.807, 2.05) is 12.1 Å². The second-order valence-corrected chi connectivity index (χ2v) is 8.82. The summed E-state index contributed by atoms with van der Waals surface area (Å²) in [5.74, 6) is -2.86. The zero-order valence-electron chi connectivity index (χ0n) is 17.8. The van der Waals surface area contributed by atoms with Gasteiger partial charge in [0.25, 0.3) is 5.76 Å². The molecule has 3 aromatic rings. The first-order valence-electron chi connectivity index (χ1n) is 10.6. The molecule has 1 amide bonds. The van der Waals surface area contributed by atoms with Gasteiger partial charge in [-0.15, -0.1) is 0 Å². The quantitative estimate of drug-likeness (QED) is 0.517. The minimum Gasteiger partial charge on any atom is -0.376 e. The Balaban J connectivity index is 1.38. The van der Waals surface area contributed by atoms with Crippen LogP contribution in [-0.2, 0) is 29.2 Å². The molecule has 1 aliphatic rings. The maximum atomic E-state index is 13.0. The number of carbonyl (C=O) groups is 1. The molecule has 4 rings (SSSR count). The first-order chi connectivity index (χ1) is 15.5. The van der Waals surface area contributed by atoms with Crippen LogP contribution in [0.3, 0.4) is 0 Å². The third kappa shape index (κ3) is 5.85. The predicted octanol–water partition coefficient (Wildman–Crippen LogP) is 3.89. The van der Waals surface area contributed by atoms with Crippen molar-refractivity contribution in [2.75, 3.05) is 19.7 Å². The molecule has 0 aliphatic carbocycles. The van der Waals surface area contributed by atoms with Gasteiger partial charge in [0, 0.05) is 26.2 Å². The number of thioether (sulfide) groups is 1. The zero-order chi connectivity index (χ0) is 22.5. The number of halogens is 2. The summed E-state index contributed by atoms with van der Waals surface area (Å²) in [5.41, 5.74) is 3.43. The molecule has 0 saturated carbocycles. The SMILES string of the molecule is CC1CN(Cc2cccc(CNC(=O)Cn3c(SC(F)F)nc4ccccc43)c2)CCO1. The van der Waals surface area contributed by atoms with E-state index in [0.717, 1.165) is 31.8 Å². The van der Waals surface area contributed by atoms with Crippen molar-refractivity contribution >= 4 is 28.7 Å². The molecule has 2 heterocycles. The highest BCUT2D eigenvalue weighted by Crippen LogP contribution is 2.28. The van der Waals surface area contributed by atoms with Gasteiger partial charge in [0.15, 0.2) is 5.16 Å². The number of rotatable bonds is 8. The minimum atomic E-state index is -2.61. The number of morpholine rings is 1. The molecule has 6 nitrogen and oxygen atoms in total. The summed E-state index contributed by atoms with van der Waals surface area (Å²) in [5, 5.41) is 3.04. The van der Waals surface area contributed by atoms with Gasteiger partial charge < -0.3 is 14.6 Å². The molecule has 1 aromatic heterocycles.